The third kappa shape index (κ3) is 5.92. The van der Waals surface area contributed by atoms with Gasteiger partial charge in [0.05, 0.1) is 12.3 Å². The lowest BCUT2D eigenvalue weighted by molar-refractivity contribution is -0.152. The van der Waals surface area contributed by atoms with Crippen LogP contribution in [-0.2, 0) is 25.7 Å². The number of hydrogen-bond acceptors (Lipinski definition) is 7. The van der Waals surface area contributed by atoms with E-state index in [0.717, 1.165) is 11.1 Å². The fourth-order valence-electron chi connectivity index (χ4n) is 3.32. The summed E-state index contributed by atoms with van der Waals surface area (Å²) in [7, 11) is 0. The van der Waals surface area contributed by atoms with Crippen LogP contribution in [0.15, 0.2) is 84.0 Å². The van der Waals surface area contributed by atoms with Crippen LogP contribution in [0.3, 0.4) is 0 Å². The number of oxime groups is 1. The minimum absolute atomic E-state index is 0.184. The van der Waals surface area contributed by atoms with E-state index in [1.54, 1.807) is 24.0 Å². The van der Waals surface area contributed by atoms with Crippen molar-refractivity contribution >= 4 is 23.3 Å². The Morgan fingerprint density at radius 2 is 1.62 bits per heavy atom. The van der Waals surface area contributed by atoms with E-state index < -0.39 is 19.2 Å². The van der Waals surface area contributed by atoms with Crippen molar-refractivity contribution in [3.8, 4) is 11.5 Å². The second-order valence-corrected chi connectivity index (χ2v) is 7.48. The first-order chi connectivity index (χ1) is 16.6. The molecule has 0 radical (unpaired) electrons. The monoisotopic (exact) mass is 460 g/mol. The predicted octanol–water partition coefficient (Wildman–Crippen LogP) is 3.93. The van der Waals surface area contributed by atoms with Crippen LogP contribution in [-0.4, -0.2) is 37.6 Å². The summed E-state index contributed by atoms with van der Waals surface area (Å²) in [5.41, 5.74) is 3.00. The van der Waals surface area contributed by atoms with E-state index in [1.807, 2.05) is 66.7 Å². The van der Waals surface area contributed by atoms with Gasteiger partial charge in [-0.05, 0) is 42.8 Å². The molecule has 1 aliphatic heterocycles. The van der Waals surface area contributed by atoms with Crippen LogP contribution in [0.1, 0.15) is 18.1 Å². The molecule has 3 aromatic rings. The van der Waals surface area contributed by atoms with Gasteiger partial charge >= 0.3 is 5.97 Å². The number of ether oxygens (including phenoxy) is 3. The Labute approximate surface area is 197 Å². The molecule has 8 nitrogen and oxygen atoms in total. The second kappa shape index (κ2) is 11.0. The number of amides is 1. The van der Waals surface area contributed by atoms with Crippen molar-refractivity contribution in [2.45, 2.75) is 13.5 Å². The molecule has 34 heavy (non-hydrogen) atoms. The van der Waals surface area contributed by atoms with Crippen LogP contribution in [0.4, 0.5) is 5.69 Å². The maximum absolute atomic E-state index is 12.9. The molecule has 0 fully saturated rings. The molecule has 8 heteroatoms. The van der Waals surface area contributed by atoms with Crippen molar-refractivity contribution < 1.29 is 28.6 Å². The third-order valence-corrected chi connectivity index (χ3v) is 5.08. The second-order valence-electron chi connectivity index (χ2n) is 7.48. The normalized spacial score (nSPS) is 12.2. The molecule has 4 rings (SSSR count). The minimum Gasteiger partial charge on any atom is -0.454 e. The van der Waals surface area contributed by atoms with E-state index in [2.05, 4.69) is 5.16 Å². The fourth-order valence-corrected chi connectivity index (χ4v) is 3.32. The van der Waals surface area contributed by atoms with E-state index in [0.29, 0.717) is 29.4 Å². The van der Waals surface area contributed by atoms with Crippen molar-refractivity contribution in [3.63, 3.8) is 0 Å². The number of anilines is 1. The molecule has 1 amide bonds. The van der Waals surface area contributed by atoms with Gasteiger partial charge in [-0.15, -0.1) is 0 Å². The molecule has 1 aliphatic rings. The molecule has 0 saturated carbocycles. The number of hydrogen-bond donors (Lipinski definition) is 0. The summed E-state index contributed by atoms with van der Waals surface area (Å²) in [6.45, 7) is 1.46. The van der Waals surface area contributed by atoms with Gasteiger partial charge < -0.3 is 23.9 Å². The van der Waals surface area contributed by atoms with E-state index in [9.17, 15) is 9.59 Å². The quantitative estimate of drug-likeness (QED) is 0.273. The number of benzene rings is 3. The molecule has 0 unspecified atom stereocenters. The lowest BCUT2D eigenvalue weighted by atomic mass is 10.1. The molecule has 1 heterocycles. The zero-order valence-electron chi connectivity index (χ0n) is 18.7. The van der Waals surface area contributed by atoms with Gasteiger partial charge in [-0.3, -0.25) is 4.79 Å². The standard InChI is InChI=1S/C26H24N2O6/c1-19(21-12-13-23-24(14-21)33-18-32-23)27-34-17-26(30)31-16-25(29)28(22-10-6-3-7-11-22)15-20-8-4-2-5-9-20/h2-14H,15-18H2,1H3/b27-19+. The highest BCUT2D eigenvalue weighted by atomic mass is 16.7. The Hall–Kier alpha value is -4.33. The lowest BCUT2D eigenvalue weighted by Gasteiger charge is -2.23. The van der Waals surface area contributed by atoms with Gasteiger partial charge in [0.2, 0.25) is 13.4 Å². The first-order valence-corrected chi connectivity index (χ1v) is 10.7. The number of rotatable bonds is 9. The van der Waals surface area contributed by atoms with Crippen LogP contribution in [0.5, 0.6) is 11.5 Å². The third-order valence-electron chi connectivity index (χ3n) is 5.08. The van der Waals surface area contributed by atoms with Crippen LogP contribution in [0.25, 0.3) is 0 Å². The highest BCUT2D eigenvalue weighted by Crippen LogP contribution is 2.32. The largest absolute Gasteiger partial charge is 0.454 e. The number of carbonyl (C=O) groups is 2. The SMILES string of the molecule is C/C(=N\OCC(=O)OCC(=O)N(Cc1ccccc1)c1ccccc1)c1ccc2c(c1)OCO2. The highest BCUT2D eigenvalue weighted by Gasteiger charge is 2.19. The van der Waals surface area contributed by atoms with E-state index in [-0.39, 0.29) is 12.7 Å². The van der Waals surface area contributed by atoms with Crippen molar-refractivity contribution in [2.24, 2.45) is 5.16 Å². The molecule has 0 N–H and O–H groups in total. The van der Waals surface area contributed by atoms with Gasteiger partial charge in [0.1, 0.15) is 0 Å². The number of esters is 1. The van der Waals surface area contributed by atoms with Crippen molar-refractivity contribution in [3.05, 3.63) is 90.0 Å². The van der Waals surface area contributed by atoms with E-state index >= 15 is 0 Å². The topological polar surface area (TPSA) is 86.7 Å². The van der Waals surface area contributed by atoms with Gasteiger partial charge in [-0.1, -0.05) is 53.7 Å². The summed E-state index contributed by atoms with van der Waals surface area (Å²) in [4.78, 5) is 31.7. The lowest BCUT2D eigenvalue weighted by Crippen LogP contribution is -2.34. The molecular weight excluding hydrogens is 436 g/mol. The van der Waals surface area contributed by atoms with Crippen molar-refractivity contribution in [2.75, 3.05) is 24.9 Å². The zero-order valence-corrected chi connectivity index (χ0v) is 18.7. The number of carbonyl (C=O) groups excluding carboxylic acids is 2. The average Bonchev–Trinajstić information content (AvgIpc) is 3.35. The predicted molar refractivity (Wildman–Crippen MR) is 126 cm³/mol. The van der Waals surface area contributed by atoms with Crippen LogP contribution < -0.4 is 14.4 Å². The minimum atomic E-state index is -0.691. The summed E-state index contributed by atoms with van der Waals surface area (Å²) in [6, 6.07) is 24.2. The summed E-state index contributed by atoms with van der Waals surface area (Å²) >= 11 is 0. The van der Waals surface area contributed by atoms with Crippen molar-refractivity contribution in [1.82, 2.24) is 0 Å². The van der Waals surface area contributed by atoms with Crippen LogP contribution in [0.2, 0.25) is 0 Å². The molecule has 0 saturated heterocycles. The molecular formula is C26H24N2O6. The Kier molecular flexibility index (Phi) is 7.39. The Balaban J connectivity index is 1.30. The first-order valence-electron chi connectivity index (χ1n) is 10.7. The summed E-state index contributed by atoms with van der Waals surface area (Å²) in [5.74, 6) is 0.262. The molecule has 3 aromatic carbocycles. The highest BCUT2D eigenvalue weighted by molar-refractivity contribution is 5.99. The summed E-state index contributed by atoms with van der Waals surface area (Å²) < 4.78 is 15.8. The van der Waals surface area contributed by atoms with Gasteiger partial charge in [-0.25, -0.2) is 4.79 Å². The van der Waals surface area contributed by atoms with Crippen molar-refractivity contribution in [1.29, 1.82) is 0 Å². The Morgan fingerprint density at radius 3 is 2.38 bits per heavy atom. The number of fused-ring (bicyclic) bond motifs is 1. The van der Waals surface area contributed by atoms with Crippen LogP contribution >= 0.6 is 0 Å². The van der Waals surface area contributed by atoms with E-state index in [4.69, 9.17) is 19.0 Å². The zero-order chi connectivity index (χ0) is 23.8. The fraction of sp³-hybridized carbons (Fsp3) is 0.192. The van der Waals surface area contributed by atoms with Gasteiger partial charge in [0.25, 0.3) is 5.91 Å². The average molecular weight is 460 g/mol. The van der Waals surface area contributed by atoms with E-state index in [1.165, 1.54) is 0 Å². The van der Waals surface area contributed by atoms with Crippen LogP contribution in [0, 0.1) is 0 Å². The van der Waals surface area contributed by atoms with Gasteiger partial charge in [-0.2, -0.15) is 0 Å². The molecule has 0 atom stereocenters. The molecule has 0 aromatic heterocycles. The molecule has 0 aliphatic carbocycles. The smallest absolute Gasteiger partial charge is 0.347 e. The number of para-hydroxylation sites is 1. The van der Waals surface area contributed by atoms with Gasteiger partial charge in [0, 0.05) is 11.3 Å². The summed E-state index contributed by atoms with van der Waals surface area (Å²) in [6.07, 6.45) is 0. The molecule has 174 valence electrons. The molecule has 0 bridgehead atoms. The van der Waals surface area contributed by atoms with Gasteiger partial charge in [0.15, 0.2) is 18.1 Å². The molecule has 0 spiro atoms. The first kappa shape index (κ1) is 22.8. The number of nitrogens with zero attached hydrogens (tertiary/aromatic N) is 2. The summed E-state index contributed by atoms with van der Waals surface area (Å²) in [5, 5.41) is 3.95. The maximum atomic E-state index is 12.9. The maximum Gasteiger partial charge on any atom is 0.347 e. The Morgan fingerprint density at radius 1 is 0.912 bits per heavy atom. The Bertz CT molecular complexity index is 1160.